The first-order chi connectivity index (χ1) is 14.0. The minimum atomic E-state index is -0.652. The standard InChI is InChI=1S/C23H33FN2O4/c1-22(2,3)30-21(29)26-15(13-23(4)18(26)11-7-8-12-19(23)27)14-25-20(28)16-9-5-6-10-17(16)24/h5-6,9-10,15,18-19,27H,7-8,11-14H2,1-4H3,(H,25,28)/t15-,18-,19+,23-/m1/s1. The Morgan fingerprint density at radius 3 is 2.60 bits per heavy atom. The van der Waals surface area contributed by atoms with E-state index in [2.05, 4.69) is 5.32 Å². The van der Waals surface area contributed by atoms with Crippen molar-refractivity contribution in [2.24, 2.45) is 5.41 Å². The molecule has 0 bridgehead atoms. The number of halogens is 1. The zero-order valence-corrected chi connectivity index (χ0v) is 18.3. The summed E-state index contributed by atoms with van der Waals surface area (Å²) in [6.45, 7) is 7.64. The largest absolute Gasteiger partial charge is 0.444 e. The Morgan fingerprint density at radius 1 is 1.27 bits per heavy atom. The van der Waals surface area contributed by atoms with Gasteiger partial charge in [-0.25, -0.2) is 9.18 Å². The van der Waals surface area contributed by atoms with Crippen LogP contribution in [0.15, 0.2) is 24.3 Å². The van der Waals surface area contributed by atoms with Gasteiger partial charge < -0.3 is 15.2 Å². The number of fused-ring (bicyclic) bond motifs is 1. The molecule has 1 saturated heterocycles. The van der Waals surface area contributed by atoms with Gasteiger partial charge in [0.2, 0.25) is 0 Å². The van der Waals surface area contributed by atoms with Gasteiger partial charge in [-0.2, -0.15) is 0 Å². The van der Waals surface area contributed by atoms with Crippen LogP contribution in [-0.4, -0.2) is 52.3 Å². The van der Waals surface area contributed by atoms with E-state index in [-0.39, 0.29) is 24.2 Å². The number of hydrogen-bond acceptors (Lipinski definition) is 4. The van der Waals surface area contributed by atoms with Crippen LogP contribution in [0.25, 0.3) is 0 Å². The molecule has 1 aliphatic heterocycles. The van der Waals surface area contributed by atoms with E-state index < -0.39 is 34.9 Å². The summed E-state index contributed by atoms with van der Waals surface area (Å²) in [7, 11) is 0. The van der Waals surface area contributed by atoms with Crippen molar-refractivity contribution < 1.29 is 23.8 Å². The summed E-state index contributed by atoms with van der Waals surface area (Å²) in [5.74, 6) is -1.10. The Morgan fingerprint density at radius 2 is 1.93 bits per heavy atom. The fourth-order valence-corrected chi connectivity index (χ4v) is 4.86. The number of carbonyl (C=O) groups excluding carboxylic acids is 2. The molecule has 30 heavy (non-hydrogen) atoms. The van der Waals surface area contributed by atoms with E-state index >= 15 is 0 Å². The minimum Gasteiger partial charge on any atom is -0.444 e. The number of carbonyl (C=O) groups is 2. The SMILES string of the molecule is CC(C)(C)OC(=O)N1[C@@H](CNC(=O)c2ccccc2F)C[C@@]2(C)[C@@H](O)CCCC[C@@H]12. The number of nitrogens with zero attached hydrogens (tertiary/aromatic N) is 1. The number of ether oxygens (including phenoxy) is 1. The number of nitrogens with one attached hydrogen (secondary N) is 1. The summed E-state index contributed by atoms with van der Waals surface area (Å²) in [4.78, 5) is 27.3. The van der Waals surface area contributed by atoms with Crippen molar-refractivity contribution in [2.75, 3.05) is 6.54 Å². The molecule has 166 valence electrons. The molecule has 1 aromatic carbocycles. The van der Waals surface area contributed by atoms with Crippen LogP contribution in [0.3, 0.4) is 0 Å². The number of aliphatic hydroxyl groups excluding tert-OH is 1. The third kappa shape index (κ3) is 4.61. The quantitative estimate of drug-likeness (QED) is 0.778. The lowest BCUT2D eigenvalue weighted by molar-refractivity contribution is -0.00901. The molecule has 0 aromatic heterocycles. The van der Waals surface area contributed by atoms with Crippen LogP contribution in [0.5, 0.6) is 0 Å². The molecule has 3 rings (SSSR count). The van der Waals surface area contributed by atoms with Crippen LogP contribution in [-0.2, 0) is 4.74 Å². The van der Waals surface area contributed by atoms with Gasteiger partial charge in [0, 0.05) is 18.0 Å². The van der Waals surface area contributed by atoms with E-state index in [0.717, 1.165) is 19.3 Å². The molecule has 1 saturated carbocycles. The molecule has 1 heterocycles. The van der Waals surface area contributed by atoms with E-state index in [1.807, 2.05) is 27.7 Å². The van der Waals surface area contributed by atoms with Gasteiger partial charge in [0.25, 0.3) is 5.91 Å². The second-order valence-electron chi connectivity index (χ2n) is 9.76. The lowest BCUT2D eigenvalue weighted by Crippen LogP contribution is -2.50. The lowest BCUT2D eigenvalue weighted by Gasteiger charge is -2.37. The third-order valence-corrected chi connectivity index (χ3v) is 6.35. The predicted molar refractivity (Wildman–Crippen MR) is 112 cm³/mol. The molecule has 0 unspecified atom stereocenters. The van der Waals surface area contributed by atoms with Crippen molar-refractivity contribution in [1.29, 1.82) is 0 Å². The highest BCUT2D eigenvalue weighted by Crippen LogP contribution is 2.48. The van der Waals surface area contributed by atoms with Gasteiger partial charge in [-0.1, -0.05) is 31.9 Å². The Bertz CT molecular complexity index is 794. The zero-order chi connectivity index (χ0) is 22.1. The molecule has 7 heteroatoms. The van der Waals surface area contributed by atoms with E-state index in [9.17, 15) is 19.1 Å². The van der Waals surface area contributed by atoms with Gasteiger partial charge in [0.15, 0.2) is 0 Å². The highest BCUT2D eigenvalue weighted by atomic mass is 19.1. The number of rotatable bonds is 3. The van der Waals surface area contributed by atoms with Gasteiger partial charge in [0.05, 0.1) is 17.7 Å². The molecule has 0 spiro atoms. The first-order valence-corrected chi connectivity index (χ1v) is 10.7. The minimum absolute atomic E-state index is 0.0280. The Kier molecular flexibility index (Phi) is 6.41. The molecule has 1 aliphatic carbocycles. The average Bonchev–Trinajstić information content (AvgIpc) is 2.87. The van der Waals surface area contributed by atoms with E-state index in [1.165, 1.54) is 18.2 Å². The van der Waals surface area contributed by atoms with Crippen molar-refractivity contribution in [2.45, 2.75) is 83.6 Å². The maximum absolute atomic E-state index is 14.0. The van der Waals surface area contributed by atoms with E-state index in [4.69, 9.17) is 4.74 Å². The van der Waals surface area contributed by atoms with Crippen molar-refractivity contribution in [3.63, 3.8) is 0 Å². The third-order valence-electron chi connectivity index (χ3n) is 6.35. The Balaban J connectivity index is 1.82. The molecule has 6 nitrogen and oxygen atoms in total. The van der Waals surface area contributed by atoms with Crippen LogP contribution in [0.1, 0.15) is 70.2 Å². The van der Waals surface area contributed by atoms with Crippen LogP contribution in [0.4, 0.5) is 9.18 Å². The Labute approximate surface area is 177 Å². The maximum atomic E-state index is 14.0. The fourth-order valence-electron chi connectivity index (χ4n) is 4.86. The van der Waals surface area contributed by atoms with E-state index in [1.54, 1.807) is 11.0 Å². The normalized spacial score (nSPS) is 29.1. The van der Waals surface area contributed by atoms with Gasteiger partial charge in [-0.05, 0) is 52.2 Å². The van der Waals surface area contributed by atoms with Gasteiger partial charge >= 0.3 is 6.09 Å². The highest BCUT2D eigenvalue weighted by Gasteiger charge is 2.55. The smallest absolute Gasteiger partial charge is 0.410 e. The van der Waals surface area contributed by atoms with Crippen molar-refractivity contribution in [3.8, 4) is 0 Å². The second-order valence-corrected chi connectivity index (χ2v) is 9.76. The van der Waals surface area contributed by atoms with Crippen LogP contribution >= 0.6 is 0 Å². The second kappa shape index (κ2) is 8.53. The Hall–Kier alpha value is -2.15. The first kappa shape index (κ1) is 22.5. The van der Waals surface area contributed by atoms with Crippen LogP contribution in [0, 0.1) is 11.2 Å². The van der Waals surface area contributed by atoms with Crippen LogP contribution < -0.4 is 5.32 Å². The monoisotopic (exact) mass is 420 g/mol. The molecule has 2 fully saturated rings. The van der Waals surface area contributed by atoms with Gasteiger partial charge in [-0.3, -0.25) is 9.69 Å². The predicted octanol–water partition coefficient (Wildman–Crippen LogP) is 3.87. The zero-order valence-electron chi connectivity index (χ0n) is 18.3. The number of amides is 2. The van der Waals surface area contributed by atoms with E-state index in [0.29, 0.717) is 12.8 Å². The summed E-state index contributed by atoms with van der Waals surface area (Å²) in [6.07, 6.45) is 2.91. The van der Waals surface area contributed by atoms with Crippen molar-refractivity contribution in [3.05, 3.63) is 35.6 Å². The van der Waals surface area contributed by atoms with Crippen LogP contribution in [0.2, 0.25) is 0 Å². The fraction of sp³-hybridized carbons (Fsp3) is 0.652. The molecular weight excluding hydrogens is 387 g/mol. The number of likely N-dealkylation sites (tertiary alicyclic amines) is 1. The van der Waals surface area contributed by atoms with Crippen molar-refractivity contribution in [1.82, 2.24) is 10.2 Å². The summed E-state index contributed by atoms with van der Waals surface area (Å²) >= 11 is 0. The molecule has 0 radical (unpaired) electrons. The first-order valence-electron chi connectivity index (χ1n) is 10.7. The van der Waals surface area contributed by atoms with Gasteiger partial charge in [-0.15, -0.1) is 0 Å². The summed E-state index contributed by atoms with van der Waals surface area (Å²) in [5.41, 5.74) is -1.15. The topological polar surface area (TPSA) is 78.9 Å². The lowest BCUT2D eigenvalue weighted by atomic mass is 9.75. The molecule has 1 aromatic rings. The maximum Gasteiger partial charge on any atom is 0.410 e. The highest BCUT2D eigenvalue weighted by molar-refractivity contribution is 5.94. The molecule has 2 N–H and O–H groups in total. The number of aliphatic hydroxyl groups is 1. The summed E-state index contributed by atoms with van der Waals surface area (Å²) in [5, 5.41) is 13.6. The summed E-state index contributed by atoms with van der Waals surface area (Å²) in [6, 6.07) is 5.31. The number of benzene rings is 1. The van der Waals surface area contributed by atoms with Crippen molar-refractivity contribution >= 4 is 12.0 Å². The molecule has 4 atom stereocenters. The molecular formula is C23H33FN2O4. The molecule has 2 amide bonds. The summed E-state index contributed by atoms with van der Waals surface area (Å²) < 4.78 is 19.6. The molecule has 2 aliphatic rings. The van der Waals surface area contributed by atoms with Gasteiger partial charge in [0.1, 0.15) is 11.4 Å². The number of hydrogen-bond donors (Lipinski definition) is 2. The average molecular weight is 421 g/mol.